The van der Waals surface area contributed by atoms with E-state index in [1.807, 2.05) is 23.6 Å². The average Bonchev–Trinajstić information content (AvgIpc) is 3.39. The molecule has 1 spiro atoms. The third kappa shape index (κ3) is 4.49. The number of thiazole rings is 1. The molecule has 0 unspecified atom stereocenters. The summed E-state index contributed by atoms with van der Waals surface area (Å²) in [6.07, 6.45) is 0.935. The molecule has 4 rings (SSSR count). The topological polar surface area (TPSA) is 86.8 Å². The molecular formula is C23H27ClN2O5S. The van der Waals surface area contributed by atoms with Crippen LogP contribution < -0.4 is 5.32 Å². The minimum atomic E-state index is -1.30. The second-order valence-electron chi connectivity index (χ2n) is 9.01. The van der Waals surface area contributed by atoms with E-state index in [4.69, 9.17) is 25.8 Å². The number of anilines is 2. The molecule has 2 fully saturated rings. The number of hydrogen-bond acceptors (Lipinski definition) is 8. The van der Waals surface area contributed by atoms with Gasteiger partial charge in [0.1, 0.15) is 6.10 Å². The van der Waals surface area contributed by atoms with Crippen LogP contribution in [0.4, 0.5) is 10.8 Å². The van der Waals surface area contributed by atoms with Crippen LogP contribution in [0.15, 0.2) is 29.6 Å². The Morgan fingerprint density at radius 1 is 1.31 bits per heavy atom. The second kappa shape index (κ2) is 9.00. The summed E-state index contributed by atoms with van der Waals surface area (Å²) in [5.74, 6) is -0.551. The number of cyclic esters (lactones) is 2. The third-order valence-electron chi connectivity index (χ3n) is 5.89. The van der Waals surface area contributed by atoms with Crippen LogP contribution in [0.1, 0.15) is 45.7 Å². The monoisotopic (exact) mass is 478 g/mol. The van der Waals surface area contributed by atoms with Crippen molar-refractivity contribution in [1.29, 1.82) is 0 Å². The number of rotatable bonds is 8. The van der Waals surface area contributed by atoms with E-state index in [1.165, 1.54) is 11.3 Å². The first-order chi connectivity index (χ1) is 15.2. The van der Waals surface area contributed by atoms with Crippen LogP contribution >= 0.6 is 22.9 Å². The molecule has 2 aromatic rings. The van der Waals surface area contributed by atoms with Gasteiger partial charge < -0.3 is 19.5 Å². The molecule has 2 aliphatic heterocycles. The summed E-state index contributed by atoms with van der Waals surface area (Å²) < 4.78 is 16.9. The average molecular weight is 479 g/mol. The molecule has 1 aromatic heterocycles. The Labute approximate surface area is 196 Å². The highest BCUT2D eigenvalue weighted by Gasteiger charge is 2.65. The molecule has 172 valence electrons. The van der Waals surface area contributed by atoms with Gasteiger partial charge >= 0.3 is 11.9 Å². The van der Waals surface area contributed by atoms with E-state index < -0.39 is 29.1 Å². The lowest BCUT2D eigenvalue weighted by molar-refractivity contribution is -0.160. The standard InChI is InChI=1S/C23H27ClN2O5S/c1-14(2)8-9-29-11-15-10-23(19(27)30-15)13-22(3,31-20(23)28)18-12-32-21(26-18)25-17-7-5-4-6-16(17)24/h4-7,12,14-15H,8-11,13H2,1-3H3,(H,25,26)/t15-,22-,23+/m1/s1. The van der Waals surface area contributed by atoms with Crippen LogP contribution in [0.25, 0.3) is 0 Å². The maximum atomic E-state index is 12.9. The van der Waals surface area contributed by atoms with Gasteiger partial charge in [-0.05, 0) is 31.4 Å². The number of benzene rings is 1. The summed E-state index contributed by atoms with van der Waals surface area (Å²) in [6, 6.07) is 7.37. The lowest BCUT2D eigenvalue weighted by Crippen LogP contribution is -2.32. The van der Waals surface area contributed by atoms with Crippen LogP contribution in [-0.2, 0) is 29.4 Å². The van der Waals surface area contributed by atoms with Gasteiger partial charge in [-0.1, -0.05) is 37.6 Å². The van der Waals surface area contributed by atoms with Crippen LogP contribution in [0.3, 0.4) is 0 Å². The first-order valence-electron chi connectivity index (χ1n) is 10.7. The van der Waals surface area contributed by atoms with Crippen molar-refractivity contribution >= 4 is 45.7 Å². The fourth-order valence-electron chi connectivity index (χ4n) is 4.10. The quantitative estimate of drug-likeness (QED) is 0.322. The maximum Gasteiger partial charge on any atom is 0.324 e. The molecule has 3 heterocycles. The predicted octanol–water partition coefficient (Wildman–Crippen LogP) is 5.07. The first kappa shape index (κ1) is 23.0. The van der Waals surface area contributed by atoms with Crippen molar-refractivity contribution in [2.24, 2.45) is 11.3 Å². The Kier molecular flexibility index (Phi) is 6.47. The molecule has 0 amide bonds. The van der Waals surface area contributed by atoms with Gasteiger partial charge in [0.2, 0.25) is 0 Å². The molecule has 32 heavy (non-hydrogen) atoms. The van der Waals surface area contributed by atoms with Crippen molar-refractivity contribution in [1.82, 2.24) is 4.98 Å². The van der Waals surface area contributed by atoms with Crippen LogP contribution in [-0.4, -0.2) is 36.2 Å². The second-order valence-corrected chi connectivity index (χ2v) is 10.3. The Balaban J connectivity index is 1.44. The smallest absolute Gasteiger partial charge is 0.324 e. The molecule has 9 heteroatoms. The normalized spacial score (nSPS) is 27.2. The Morgan fingerprint density at radius 3 is 2.84 bits per heavy atom. The molecular weight excluding hydrogens is 452 g/mol. The molecule has 0 bridgehead atoms. The van der Waals surface area contributed by atoms with E-state index in [0.717, 1.165) is 12.1 Å². The molecule has 1 N–H and O–H groups in total. The Bertz CT molecular complexity index is 1010. The van der Waals surface area contributed by atoms with Gasteiger partial charge in [-0.25, -0.2) is 4.98 Å². The van der Waals surface area contributed by atoms with E-state index in [9.17, 15) is 9.59 Å². The number of para-hydroxylation sites is 1. The van der Waals surface area contributed by atoms with Crippen molar-refractivity contribution in [2.75, 3.05) is 18.5 Å². The number of carbonyl (C=O) groups is 2. The van der Waals surface area contributed by atoms with Crippen LogP contribution in [0, 0.1) is 11.3 Å². The lowest BCUT2D eigenvalue weighted by atomic mass is 9.78. The van der Waals surface area contributed by atoms with E-state index >= 15 is 0 Å². The summed E-state index contributed by atoms with van der Waals surface area (Å²) in [6.45, 7) is 6.91. The number of carbonyl (C=O) groups excluding carboxylic acids is 2. The summed E-state index contributed by atoms with van der Waals surface area (Å²) in [5, 5.41) is 6.22. The minimum Gasteiger partial charge on any atom is -0.459 e. The van der Waals surface area contributed by atoms with Gasteiger partial charge in [-0.2, -0.15) is 0 Å². The fraction of sp³-hybridized carbons (Fsp3) is 0.522. The molecule has 7 nitrogen and oxygen atoms in total. The Morgan fingerprint density at radius 2 is 2.09 bits per heavy atom. The number of halogens is 1. The number of nitrogens with one attached hydrogen (secondary N) is 1. The Hall–Kier alpha value is -2.16. The lowest BCUT2D eigenvalue weighted by Gasteiger charge is -2.20. The van der Waals surface area contributed by atoms with Gasteiger partial charge in [-0.3, -0.25) is 9.59 Å². The van der Waals surface area contributed by atoms with Gasteiger partial charge in [0, 0.05) is 24.8 Å². The molecule has 0 saturated carbocycles. The molecule has 2 saturated heterocycles. The van der Waals surface area contributed by atoms with Crippen molar-refractivity contribution < 1.29 is 23.8 Å². The highest BCUT2D eigenvalue weighted by Crippen LogP contribution is 2.52. The largest absolute Gasteiger partial charge is 0.459 e. The van der Waals surface area contributed by atoms with Crippen molar-refractivity contribution in [3.8, 4) is 0 Å². The SMILES string of the molecule is CC(C)CCOC[C@H]1C[C@]2(C[C@](C)(c3csc(Nc4ccccc4Cl)n3)OC2=O)C(=O)O1. The molecule has 2 aliphatic rings. The van der Waals surface area contributed by atoms with Crippen LogP contribution in [0.2, 0.25) is 5.02 Å². The summed E-state index contributed by atoms with van der Waals surface area (Å²) in [5.41, 5.74) is -0.993. The number of nitrogens with zero attached hydrogens (tertiary/aromatic N) is 1. The highest BCUT2D eigenvalue weighted by atomic mass is 35.5. The van der Waals surface area contributed by atoms with Gasteiger partial charge in [0.15, 0.2) is 16.1 Å². The molecule has 3 atom stereocenters. The third-order valence-corrected chi connectivity index (χ3v) is 6.98. The number of esters is 2. The maximum absolute atomic E-state index is 12.9. The molecule has 1 aromatic carbocycles. The predicted molar refractivity (Wildman–Crippen MR) is 122 cm³/mol. The van der Waals surface area contributed by atoms with Gasteiger partial charge in [0.25, 0.3) is 0 Å². The fourth-order valence-corrected chi connectivity index (χ4v) is 5.12. The van der Waals surface area contributed by atoms with E-state index in [-0.39, 0.29) is 19.4 Å². The van der Waals surface area contributed by atoms with Crippen molar-refractivity contribution in [3.63, 3.8) is 0 Å². The van der Waals surface area contributed by atoms with Crippen molar-refractivity contribution in [3.05, 3.63) is 40.4 Å². The number of ether oxygens (including phenoxy) is 3. The number of aromatic nitrogens is 1. The molecule has 0 aliphatic carbocycles. The van der Waals surface area contributed by atoms with Gasteiger partial charge in [0.05, 0.1) is 23.0 Å². The van der Waals surface area contributed by atoms with E-state index in [0.29, 0.717) is 28.4 Å². The minimum absolute atomic E-state index is 0.190. The highest BCUT2D eigenvalue weighted by molar-refractivity contribution is 7.13. The number of hydrogen-bond donors (Lipinski definition) is 1. The molecule has 0 radical (unpaired) electrons. The summed E-state index contributed by atoms with van der Waals surface area (Å²) >= 11 is 7.59. The zero-order valence-corrected chi connectivity index (χ0v) is 19.9. The zero-order valence-electron chi connectivity index (χ0n) is 18.4. The first-order valence-corrected chi connectivity index (χ1v) is 12.0. The van der Waals surface area contributed by atoms with Crippen molar-refractivity contribution in [2.45, 2.75) is 51.7 Å². The van der Waals surface area contributed by atoms with E-state index in [2.05, 4.69) is 24.1 Å². The van der Waals surface area contributed by atoms with Crippen LogP contribution in [0.5, 0.6) is 0 Å². The summed E-state index contributed by atoms with van der Waals surface area (Å²) in [4.78, 5) is 30.2. The summed E-state index contributed by atoms with van der Waals surface area (Å²) in [7, 11) is 0. The zero-order chi connectivity index (χ0) is 22.9. The van der Waals surface area contributed by atoms with Gasteiger partial charge in [-0.15, -0.1) is 11.3 Å². The van der Waals surface area contributed by atoms with E-state index in [1.54, 1.807) is 13.0 Å².